The van der Waals surface area contributed by atoms with Crippen LogP contribution in [-0.2, 0) is 11.3 Å². The van der Waals surface area contributed by atoms with E-state index in [0.717, 1.165) is 61.5 Å². The molecule has 2 atom stereocenters. The molecule has 1 amide bonds. The highest BCUT2D eigenvalue weighted by Crippen LogP contribution is 2.26. The van der Waals surface area contributed by atoms with Crippen LogP contribution in [0.25, 0.3) is 11.5 Å². The summed E-state index contributed by atoms with van der Waals surface area (Å²) in [5, 5.41) is 3.13. The Morgan fingerprint density at radius 2 is 2.15 bits per heavy atom. The van der Waals surface area contributed by atoms with Crippen LogP contribution < -0.4 is 5.32 Å². The van der Waals surface area contributed by atoms with Crippen molar-refractivity contribution in [3.05, 3.63) is 41.3 Å². The molecule has 2 aromatic rings. The molecular weight excluding hydrogens is 338 g/mol. The fraction of sp³-hybridized carbons (Fsp3) is 0.545. The van der Waals surface area contributed by atoms with E-state index < -0.39 is 0 Å². The average Bonchev–Trinajstić information content (AvgIpc) is 3.02. The molecule has 5 nitrogen and oxygen atoms in total. The van der Waals surface area contributed by atoms with Gasteiger partial charge in [0.15, 0.2) is 0 Å². The highest BCUT2D eigenvalue weighted by atomic mass is 16.4. The van der Waals surface area contributed by atoms with Crippen LogP contribution in [0.4, 0.5) is 0 Å². The molecule has 2 unspecified atom stereocenters. The summed E-state index contributed by atoms with van der Waals surface area (Å²) in [7, 11) is 0. The number of carbonyl (C=O) groups is 1. The van der Waals surface area contributed by atoms with Gasteiger partial charge in [-0.2, -0.15) is 0 Å². The van der Waals surface area contributed by atoms with Gasteiger partial charge in [-0.15, -0.1) is 0 Å². The molecule has 1 fully saturated rings. The molecule has 3 rings (SSSR count). The third-order valence-electron chi connectivity index (χ3n) is 5.52. The summed E-state index contributed by atoms with van der Waals surface area (Å²) < 4.78 is 5.95. The van der Waals surface area contributed by atoms with E-state index in [1.807, 2.05) is 25.1 Å². The van der Waals surface area contributed by atoms with Gasteiger partial charge >= 0.3 is 0 Å². The Labute approximate surface area is 162 Å². The van der Waals surface area contributed by atoms with Crippen molar-refractivity contribution in [2.75, 3.05) is 13.1 Å². The minimum Gasteiger partial charge on any atom is -0.441 e. The Morgan fingerprint density at radius 3 is 2.89 bits per heavy atom. The molecule has 0 bridgehead atoms. The molecule has 1 aliphatic heterocycles. The zero-order chi connectivity index (χ0) is 19.4. The minimum atomic E-state index is 0.0656. The first-order valence-corrected chi connectivity index (χ1v) is 10.0. The normalized spacial score (nSPS) is 19.0. The van der Waals surface area contributed by atoms with Gasteiger partial charge in [-0.05, 0) is 58.2 Å². The molecule has 0 saturated carbocycles. The minimum absolute atomic E-state index is 0.0656. The molecule has 146 valence electrons. The number of nitrogens with zero attached hydrogens (tertiary/aromatic N) is 2. The van der Waals surface area contributed by atoms with Crippen LogP contribution in [0.5, 0.6) is 0 Å². The van der Waals surface area contributed by atoms with Gasteiger partial charge in [-0.3, -0.25) is 9.69 Å². The number of benzene rings is 1. The average molecular weight is 370 g/mol. The van der Waals surface area contributed by atoms with E-state index in [1.165, 1.54) is 0 Å². The summed E-state index contributed by atoms with van der Waals surface area (Å²) >= 11 is 0. The lowest BCUT2D eigenvalue weighted by Gasteiger charge is -2.32. The number of hydrogen-bond donors (Lipinski definition) is 1. The highest BCUT2D eigenvalue weighted by molar-refractivity contribution is 5.79. The second-order valence-corrected chi connectivity index (χ2v) is 7.73. The number of aromatic nitrogens is 1. The number of amides is 1. The summed E-state index contributed by atoms with van der Waals surface area (Å²) in [6.07, 6.45) is 2.97. The quantitative estimate of drug-likeness (QED) is 0.833. The van der Waals surface area contributed by atoms with Crippen LogP contribution in [0.2, 0.25) is 0 Å². The lowest BCUT2D eigenvalue weighted by atomic mass is 9.96. The Bertz CT molecular complexity index is 784. The number of aryl methyl sites for hydroxylation is 2. The van der Waals surface area contributed by atoms with Crippen LogP contribution in [0.15, 0.2) is 28.7 Å². The van der Waals surface area contributed by atoms with Gasteiger partial charge in [0.1, 0.15) is 5.76 Å². The molecule has 5 heteroatoms. The molecule has 1 aromatic heterocycles. The van der Waals surface area contributed by atoms with Gasteiger partial charge in [0.2, 0.25) is 11.8 Å². The van der Waals surface area contributed by atoms with E-state index in [2.05, 4.69) is 37.1 Å². The molecule has 0 aliphatic carbocycles. The van der Waals surface area contributed by atoms with E-state index in [-0.39, 0.29) is 17.9 Å². The van der Waals surface area contributed by atoms with Crippen LogP contribution >= 0.6 is 0 Å². The van der Waals surface area contributed by atoms with Gasteiger partial charge in [-0.25, -0.2) is 4.98 Å². The van der Waals surface area contributed by atoms with Crippen LogP contribution in [-0.4, -0.2) is 34.9 Å². The van der Waals surface area contributed by atoms with Gasteiger partial charge in [0.25, 0.3) is 0 Å². The molecule has 0 radical (unpaired) electrons. The van der Waals surface area contributed by atoms with E-state index in [0.29, 0.717) is 5.89 Å². The predicted molar refractivity (Wildman–Crippen MR) is 107 cm³/mol. The third kappa shape index (κ3) is 4.78. The predicted octanol–water partition coefficient (Wildman–Crippen LogP) is 4.09. The molecule has 2 heterocycles. The fourth-order valence-corrected chi connectivity index (χ4v) is 3.59. The fourth-order valence-electron chi connectivity index (χ4n) is 3.59. The first kappa shape index (κ1) is 19.6. The van der Waals surface area contributed by atoms with Crippen molar-refractivity contribution in [1.82, 2.24) is 15.2 Å². The maximum absolute atomic E-state index is 12.5. The zero-order valence-electron chi connectivity index (χ0n) is 16.9. The first-order valence-electron chi connectivity index (χ1n) is 10.0. The second kappa shape index (κ2) is 8.70. The number of oxazole rings is 1. The molecular formula is C22H31N3O2. The second-order valence-electron chi connectivity index (χ2n) is 7.73. The van der Waals surface area contributed by atoms with Crippen molar-refractivity contribution in [2.24, 2.45) is 5.92 Å². The van der Waals surface area contributed by atoms with Crippen molar-refractivity contribution in [3.8, 4) is 11.5 Å². The molecule has 1 aliphatic rings. The SMILES string of the molecule is CCC(C)NC(=O)C1CCCN(Cc2nc(-c3ccccc3C)oc2C)C1. The Hall–Kier alpha value is -2.14. The lowest BCUT2D eigenvalue weighted by Crippen LogP contribution is -2.45. The number of rotatable bonds is 6. The summed E-state index contributed by atoms with van der Waals surface area (Å²) in [6, 6.07) is 8.38. The van der Waals surface area contributed by atoms with Crippen molar-refractivity contribution in [3.63, 3.8) is 0 Å². The number of hydrogen-bond acceptors (Lipinski definition) is 4. The van der Waals surface area contributed by atoms with Gasteiger partial charge in [0.05, 0.1) is 11.6 Å². The van der Waals surface area contributed by atoms with Crippen LogP contribution in [0.1, 0.15) is 50.1 Å². The van der Waals surface area contributed by atoms with Crippen molar-refractivity contribution in [2.45, 2.75) is 59.5 Å². The maximum Gasteiger partial charge on any atom is 0.226 e. The number of piperidine rings is 1. The monoisotopic (exact) mass is 369 g/mol. The number of carbonyl (C=O) groups excluding carboxylic acids is 1. The molecule has 1 aromatic carbocycles. The maximum atomic E-state index is 12.5. The topological polar surface area (TPSA) is 58.4 Å². The summed E-state index contributed by atoms with van der Waals surface area (Å²) in [6.45, 7) is 10.7. The van der Waals surface area contributed by atoms with E-state index >= 15 is 0 Å². The highest BCUT2D eigenvalue weighted by Gasteiger charge is 2.27. The molecule has 27 heavy (non-hydrogen) atoms. The molecule has 0 spiro atoms. The first-order chi connectivity index (χ1) is 13.0. The van der Waals surface area contributed by atoms with Crippen molar-refractivity contribution in [1.29, 1.82) is 0 Å². The van der Waals surface area contributed by atoms with Gasteiger partial charge < -0.3 is 9.73 Å². The summed E-state index contributed by atoms with van der Waals surface area (Å²) in [5.74, 6) is 1.80. The van der Waals surface area contributed by atoms with Crippen molar-refractivity contribution >= 4 is 5.91 Å². The molecule has 1 saturated heterocycles. The van der Waals surface area contributed by atoms with Gasteiger partial charge in [-0.1, -0.05) is 25.1 Å². The summed E-state index contributed by atoms with van der Waals surface area (Å²) in [4.78, 5) is 19.6. The lowest BCUT2D eigenvalue weighted by molar-refractivity contribution is -0.127. The van der Waals surface area contributed by atoms with Crippen LogP contribution in [0.3, 0.4) is 0 Å². The van der Waals surface area contributed by atoms with E-state index in [9.17, 15) is 4.79 Å². The Kier molecular flexibility index (Phi) is 6.32. The van der Waals surface area contributed by atoms with E-state index in [4.69, 9.17) is 9.40 Å². The molecule has 1 N–H and O–H groups in total. The Balaban J connectivity index is 1.67. The standard InChI is InChI=1S/C22H31N3O2/c1-5-16(3)23-21(26)18-10-8-12-25(13-18)14-20-17(4)27-22(24-20)19-11-7-6-9-15(19)2/h6-7,9,11,16,18H,5,8,10,12-14H2,1-4H3,(H,23,26). The smallest absolute Gasteiger partial charge is 0.226 e. The third-order valence-corrected chi connectivity index (χ3v) is 5.52. The van der Waals surface area contributed by atoms with Crippen LogP contribution in [0, 0.1) is 19.8 Å². The van der Waals surface area contributed by atoms with Gasteiger partial charge in [0, 0.05) is 24.7 Å². The number of likely N-dealkylation sites (tertiary alicyclic amines) is 1. The van der Waals surface area contributed by atoms with Crippen molar-refractivity contribution < 1.29 is 9.21 Å². The largest absolute Gasteiger partial charge is 0.441 e. The summed E-state index contributed by atoms with van der Waals surface area (Å²) in [5.41, 5.74) is 3.16. The number of nitrogens with one attached hydrogen (secondary N) is 1. The zero-order valence-corrected chi connectivity index (χ0v) is 16.9. The Morgan fingerprint density at radius 1 is 1.37 bits per heavy atom. The van der Waals surface area contributed by atoms with E-state index in [1.54, 1.807) is 0 Å².